The second-order valence-corrected chi connectivity index (χ2v) is 3.15. The van der Waals surface area contributed by atoms with Crippen molar-refractivity contribution >= 4 is 0 Å². The van der Waals surface area contributed by atoms with Gasteiger partial charge in [-0.05, 0) is 17.7 Å². The normalized spacial score (nSPS) is 11.6. The molecule has 92 valence electrons. The SMILES string of the molecule is CC.NCC(O)CNCc1ccc(F)cc1. The topological polar surface area (TPSA) is 58.3 Å². The molecular weight excluding hydrogens is 207 g/mol. The number of rotatable bonds is 5. The van der Waals surface area contributed by atoms with E-state index in [0.717, 1.165) is 5.56 Å². The highest BCUT2D eigenvalue weighted by molar-refractivity contribution is 5.15. The highest BCUT2D eigenvalue weighted by Crippen LogP contribution is 2.01. The number of halogens is 1. The lowest BCUT2D eigenvalue weighted by Crippen LogP contribution is -2.32. The van der Waals surface area contributed by atoms with Crippen LogP contribution in [0.4, 0.5) is 4.39 Å². The van der Waals surface area contributed by atoms with Crippen LogP contribution in [-0.2, 0) is 6.54 Å². The maximum absolute atomic E-state index is 12.5. The van der Waals surface area contributed by atoms with Gasteiger partial charge in [0.25, 0.3) is 0 Å². The van der Waals surface area contributed by atoms with Gasteiger partial charge in [-0.15, -0.1) is 0 Å². The largest absolute Gasteiger partial charge is 0.390 e. The Labute approximate surface area is 96.5 Å². The molecule has 3 nitrogen and oxygen atoms in total. The lowest BCUT2D eigenvalue weighted by atomic mass is 10.2. The minimum Gasteiger partial charge on any atom is -0.390 e. The molecule has 0 aromatic heterocycles. The van der Waals surface area contributed by atoms with E-state index in [1.54, 1.807) is 12.1 Å². The van der Waals surface area contributed by atoms with Gasteiger partial charge in [0.05, 0.1) is 6.10 Å². The van der Waals surface area contributed by atoms with Crippen LogP contribution in [0.2, 0.25) is 0 Å². The molecule has 0 saturated heterocycles. The summed E-state index contributed by atoms with van der Waals surface area (Å²) in [7, 11) is 0. The van der Waals surface area contributed by atoms with E-state index in [1.807, 2.05) is 13.8 Å². The Kier molecular flexibility index (Phi) is 8.71. The van der Waals surface area contributed by atoms with Gasteiger partial charge in [0, 0.05) is 19.6 Å². The Morgan fingerprint density at radius 1 is 1.31 bits per heavy atom. The zero-order valence-electron chi connectivity index (χ0n) is 9.91. The Balaban J connectivity index is 0.00000106. The molecule has 4 heteroatoms. The summed E-state index contributed by atoms with van der Waals surface area (Å²) in [6.45, 7) is 5.31. The molecule has 16 heavy (non-hydrogen) atoms. The summed E-state index contributed by atoms with van der Waals surface area (Å²) in [5, 5.41) is 12.2. The van der Waals surface area contributed by atoms with Gasteiger partial charge in [-0.2, -0.15) is 0 Å². The van der Waals surface area contributed by atoms with Crippen molar-refractivity contribution in [2.75, 3.05) is 13.1 Å². The third-order valence-corrected chi connectivity index (χ3v) is 1.89. The number of aliphatic hydroxyl groups is 1. The predicted octanol–water partition coefficient (Wildman–Crippen LogP) is 1.26. The van der Waals surface area contributed by atoms with Crippen molar-refractivity contribution in [1.29, 1.82) is 0 Å². The van der Waals surface area contributed by atoms with Crippen LogP contribution in [0, 0.1) is 5.82 Å². The Morgan fingerprint density at radius 3 is 2.38 bits per heavy atom. The molecule has 0 bridgehead atoms. The molecule has 0 aliphatic carbocycles. The standard InChI is InChI=1S/C10H15FN2O.C2H6/c11-9-3-1-8(2-4-9)6-13-7-10(14)5-12;1-2/h1-4,10,13-14H,5-7,12H2;1-2H3. The zero-order valence-corrected chi connectivity index (χ0v) is 9.91. The van der Waals surface area contributed by atoms with Crippen LogP contribution >= 0.6 is 0 Å². The van der Waals surface area contributed by atoms with E-state index in [1.165, 1.54) is 12.1 Å². The molecule has 0 heterocycles. The van der Waals surface area contributed by atoms with E-state index in [2.05, 4.69) is 5.32 Å². The van der Waals surface area contributed by atoms with Crippen LogP contribution in [0.1, 0.15) is 19.4 Å². The van der Waals surface area contributed by atoms with Crippen LogP contribution in [0.3, 0.4) is 0 Å². The number of benzene rings is 1. The number of aliphatic hydroxyl groups excluding tert-OH is 1. The van der Waals surface area contributed by atoms with E-state index in [4.69, 9.17) is 10.8 Å². The second-order valence-electron chi connectivity index (χ2n) is 3.15. The average molecular weight is 228 g/mol. The van der Waals surface area contributed by atoms with Crippen molar-refractivity contribution in [3.63, 3.8) is 0 Å². The van der Waals surface area contributed by atoms with Crippen LogP contribution < -0.4 is 11.1 Å². The van der Waals surface area contributed by atoms with Crippen molar-refractivity contribution in [2.45, 2.75) is 26.5 Å². The minimum absolute atomic E-state index is 0.240. The lowest BCUT2D eigenvalue weighted by Gasteiger charge is -2.08. The van der Waals surface area contributed by atoms with E-state index in [-0.39, 0.29) is 12.4 Å². The van der Waals surface area contributed by atoms with Crippen molar-refractivity contribution in [1.82, 2.24) is 5.32 Å². The van der Waals surface area contributed by atoms with Crippen LogP contribution in [-0.4, -0.2) is 24.3 Å². The van der Waals surface area contributed by atoms with Gasteiger partial charge in [0.1, 0.15) is 5.82 Å². The molecule has 0 radical (unpaired) electrons. The van der Waals surface area contributed by atoms with Gasteiger partial charge in [0.2, 0.25) is 0 Å². The molecule has 1 rings (SSSR count). The molecular formula is C12H21FN2O. The number of hydrogen-bond donors (Lipinski definition) is 3. The van der Waals surface area contributed by atoms with Crippen molar-refractivity contribution in [3.8, 4) is 0 Å². The first-order chi connectivity index (χ1) is 7.72. The fraction of sp³-hybridized carbons (Fsp3) is 0.500. The summed E-state index contributed by atoms with van der Waals surface area (Å²) in [4.78, 5) is 0. The molecule has 0 fully saturated rings. The van der Waals surface area contributed by atoms with Crippen LogP contribution in [0.15, 0.2) is 24.3 Å². The van der Waals surface area contributed by atoms with E-state index in [0.29, 0.717) is 13.1 Å². The summed E-state index contributed by atoms with van der Waals surface area (Å²) in [6.07, 6.45) is -0.518. The van der Waals surface area contributed by atoms with E-state index < -0.39 is 6.10 Å². The average Bonchev–Trinajstić information content (AvgIpc) is 2.34. The number of hydrogen-bond acceptors (Lipinski definition) is 3. The number of nitrogens with one attached hydrogen (secondary N) is 1. The summed E-state index contributed by atoms with van der Waals surface area (Å²) in [5.41, 5.74) is 6.21. The van der Waals surface area contributed by atoms with Crippen molar-refractivity contribution in [2.24, 2.45) is 5.73 Å². The molecule has 4 N–H and O–H groups in total. The summed E-state index contributed by atoms with van der Waals surface area (Å²) in [5.74, 6) is -0.240. The van der Waals surface area contributed by atoms with Gasteiger partial charge >= 0.3 is 0 Å². The molecule has 0 aliphatic heterocycles. The monoisotopic (exact) mass is 228 g/mol. The molecule has 0 saturated carbocycles. The molecule has 1 aromatic carbocycles. The highest BCUT2D eigenvalue weighted by atomic mass is 19.1. The molecule has 0 amide bonds. The maximum Gasteiger partial charge on any atom is 0.123 e. The third-order valence-electron chi connectivity index (χ3n) is 1.89. The van der Waals surface area contributed by atoms with Crippen molar-refractivity contribution < 1.29 is 9.50 Å². The first-order valence-electron chi connectivity index (χ1n) is 5.55. The smallest absolute Gasteiger partial charge is 0.123 e. The van der Waals surface area contributed by atoms with Crippen LogP contribution in [0.25, 0.3) is 0 Å². The first-order valence-corrected chi connectivity index (χ1v) is 5.55. The maximum atomic E-state index is 12.5. The minimum atomic E-state index is -0.518. The molecule has 0 aliphatic rings. The first kappa shape index (κ1) is 15.0. The molecule has 1 atom stereocenters. The quantitative estimate of drug-likeness (QED) is 0.711. The third kappa shape index (κ3) is 6.50. The fourth-order valence-corrected chi connectivity index (χ4v) is 1.07. The lowest BCUT2D eigenvalue weighted by molar-refractivity contribution is 0.179. The Hall–Kier alpha value is -0.970. The van der Waals surface area contributed by atoms with Gasteiger partial charge < -0.3 is 16.2 Å². The fourth-order valence-electron chi connectivity index (χ4n) is 1.07. The predicted molar refractivity (Wildman–Crippen MR) is 64.5 cm³/mol. The summed E-state index contributed by atoms with van der Waals surface area (Å²) >= 11 is 0. The Bertz CT molecular complexity index is 264. The molecule has 1 unspecified atom stereocenters. The van der Waals surface area contributed by atoms with Crippen molar-refractivity contribution in [3.05, 3.63) is 35.6 Å². The van der Waals surface area contributed by atoms with Gasteiger partial charge in [0.15, 0.2) is 0 Å². The highest BCUT2D eigenvalue weighted by Gasteiger charge is 1.99. The van der Waals surface area contributed by atoms with Crippen LogP contribution in [0.5, 0.6) is 0 Å². The zero-order chi connectivity index (χ0) is 12.4. The van der Waals surface area contributed by atoms with E-state index in [9.17, 15) is 4.39 Å². The van der Waals surface area contributed by atoms with Gasteiger partial charge in [-0.25, -0.2) is 4.39 Å². The number of nitrogens with two attached hydrogens (primary N) is 1. The second kappa shape index (κ2) is 9.27. The summed E-state index contributed by atoms with van der Waals surface area (Å²) < 4.78 is 12.5. The van der Waals surface area contributed by atoms with E-state index >= 15 is 0 Å². The van der Waals surface area contributed by atoms with Gasteiger partial charge in [-0.1, -0.05) is 26.0 Å². The Morgan fingerprint density at radius 2 is 1.88 bits per heavy atom. The molecule has 1 aromatic rings. The van der Waals surface area contributed by atoms with Gasteiger partial charge in [-0.3, -0.25) is 0 Å². The molecule has 0 spiro atoms. The summed E-state index contributed by atoms with van der Waals surface area (Å²) in [6, 6.07) is 6.24.